The van der Waals surface area contributed by atoms with Gasteiger partial charge in [0.15, 0.2) is 0 Å². The van der Waals surface area contributed by atoms with Crippen LogP contribution in [0.5, 0.6) is 0 Å². The molecule has 0 aromatic heterocycles. The van der Waals surface area contributed by atoms with E-state index in [1.54, 1.807) is 24.3 Å². The predicted molar refractivity (Wildman–Crippen MR) is 63.5 cm³/mol. The fourth-order valence-electron chi connectivity index (χ4n) is 2.00. The highest BCUT2D eigenvalue weighted by Crippen LogP contribution is 2.31. The number of amides is 1. The summed E-state index contributed by atoms with van der Waals surface area (Å²) in [6.07, 6.45) is 2.72. The summed E-state index contributed by atoms with van der Waals surface area (Å²) in [5.41, 5.74) is 0.927. The lowest BCUT2D eigenvalue weighted by Crippen LogP contribution is -2.56. The Morgan fingerprint density at radius 2 is 1.88 bits per heavy atom. The van der Waals surface area contributed by atoms with Crippen molar-refractivity contribution in [2.24, 2.45) is 0 Å². The maximum absolute atomic E-state index is 11.9. The summed E-state index contributed by atoms with van der Waals surface area (Å²) in [6.45, 7) is -0.0318. The molecule has 0 heterocycles. The largest absolute Gasteiger partial charge is 0.394 e. The number of benzene rings is 1. The minimum atomic E-state index is -0.410. The fraction of sp³-hybridized carbons (Fsp3) is 0.462. The average molecular weight is 235 g/mol. The molecule has 4 heteroatoms. The van der Waals surface area contributed by atoms with Gasteiger partial charge >= 0.3 is 0 Å². The van der Waals surface area contributed by atoms with Crippen molar-refractivity contribution in [3.05, 3.63) is 35.4 Å². The first-order valence-electron chi connectivity index (χ1n) is 5.82. The number of rotatable bonds is 4. The van der Waals surface area contributed by atoms with Crippen LogP contribution in [0, 0.1) is 0 Å². The zero-order chi connectivity index (χ0) is 12.3. The Hall–Kier alpha value is -1.39. The van der Waals surface area contributed by atoms with Gasteiger partial charge in [-0.25, -0.2) is 0 Å². The number of hydrogen-bond acceptors (Lipinski definition) is 3. The highest BCUT2D eigenvalue weighted by atomic mass is 16.3. The smallest absolute Gasteiger partial charge is 0.251 e. The SMILES string of the molecule is O=C(NC1(CO)CCC1)c1ccc(CO)cc1. The van der Waals surface area contributed by atoms with Crippen LogP contribution >= 0.6 is 0 Å². The van der Waals surface area contributed by atoms with E-state index in [-0.39, 0.29) is 19.1 Å². The second-order valence-corrected chi connectivity index (χ2v) is 4.60. The first-order valence-corrected chi connectivity index (χ1v) is 5.82. The molecule has 2 rings (SSSR count). The van der Waals surface area contributed by atoms with Gasteiger partial charge in [0.25, 0.3) is 5.91 Å². The molecular formula is C13H17NO3. The summed E-state index contributed by atoms with van der Waals surface area (Å²) in [7, 11) is 0. The third-order valence-electron chi connectivity index (χ3n) is 3.39. The van der Waals surface area contributed by atoms with Gasteiger partial charge in [0.1, 0.15) is 0 Å². The zero-order valence-corrected chi connectivity index (χ0v) is 9.65. The molecule has 0 aliphatic heterocycles. The molecule has 17 heavy (non-hydrogen) atoms. The molecule has 4 nitrogen and oxygen atoms in total. The second-order valence-electron chi connectivity index (χ2n) is 4.60. The molecule has 0 bridgehead atoms. The van der Waals surface area contributed by atoms with Crippen LogP contribution in [-0.2, 0) is 6.61 Å². The average Bonchev–Trinajstić information content (AvgIpc) is 2.33. The lowest BCUT2D eigenvalue weighted by molar-refractivity contribution is 0.0641. The van der Waals surface area contributed by atoms with Crippen LogP contribution in [0.1, 0.15) is 35.2 Å². The Balaban J connectivity index is 2.03. The van der Waals surface area contributed by atoms with E-state index >= 15 is 0 Å². The lowest BCUT2D eigenvalue weighted by atomic mass is 9.77. The molecule has 1 aromatic rings. The van der Waals surface area contributed by atoms with Crippen molar-refractivity contribution >= 4 is 5.91 Å². The Morgan fingerprint density at radius 1 is 1.24 bits per heavy atom. The minimum Gasteiger partial charge on any atom is -0.394 e. The van der Waals surface area contributed by atoms with Crippen molar-refractivity contribution in [1.29, 1.82) is 0 Å². The van der Waals surface area contributed by atoms with E-state index in [0.29, 0.717) is 5.56 Å². The normalized spacial score (nSPS) is 17.3. The standard InChI is InChI=1S/C13H17NO3/c15-8-10-2-4-11(5-3-10)12(17)14-13(9-16)6-1-7-13/h2-5,15-16H,1,6-9H2,(H,14,17). The van der Waals surface area contributed by atoms with Crippen molar-refractivity contribution in [3.8, 4) is 0 Å². The van der Waals surface area contributed by atoms with E-state index in [9.17, 15) is 9.90 Å². The van der Waals surface area contributed by atoms with E-state index in [4.69, 9.17) is 5.11 Å². The van der Waals surface area contributed by atoms with Crippen LogP contribution in [0.25, 0.3) is 0 Å². The molecule has 1 fully saturated rings. The topological polar surface area (TPSA) is 69.6 Å². The lowest BCUT2D eigenvalue weighted by Gasteiger charge is -2.40. The molecule has 92 valence electrons. The first kappa shape index (κ1) is 12.1. The van der Waals surface area contributed by atoms with Crippen LogP contribution in [0.4, 0.5) is 0 Å². The molecule has 0 spiro atoms. The first-order chi connectivity index (χ1) is 8.19. The summed E-state index contributed by atoms with van der Waals surface area (Å²) in [5.74, 6) is -0.164. The van der Waals surface area contributed by atoms with Crippen LogP contribution in [0.3, 0.4) is 0 Å². The number of nitrogens with one attached hydrogen (secondary N) is 1. The van der Waals surface area contributed by atoms with Crippen molar-refractivity contribution in [2.45, 2.75) is 31.4 Å². The van der Waals surface area contributed by atoms with E-state index in [2.05, 4.69) is 5.32 Å². The van der Waals surface area contributed by atoms with Gasteiger partial charge < -0.3 is 15.5 Å². The van der Waals surface area contributed by atoms with Gasteiger partial charge in [-0.15, -0.1) is 0 Å². The Labute approximate surface area is 100 Å². The van der Waals surface area contributed by atoms with Crippen LogP contribution in [0.15, 0.2) is 24.3 Å². The third-order valence-corrected chi connectivity index (χ3v) is 3.39. The monoisotopic (exact) mass is 235 g/mol. The summed E-state index contributed by atoms with van der Waals surface area (Å²) in [6, 6.07) is 6.82. The summed E-state index contributed by atoms with van der Waals surface area (Å²) in [4.78, 5) is 11.9. The number of hydrogen-bond donors (Lipinski definition) is 3. The highest BCUT2D eigenvalue weighted by molar-refractivity contribution is 5.94. The van der Waals surface area contributed by atoms with E-state index in [0.717, 1.165) is 24.8 Å². The molecule has 1 aromatic carbocycles. The molecule has 1 saturated carbocycles. The second kappa shape index (κ2) is 4.85. The van der Waals surface area contributed by atoms with E-state index in [1.807, 2.05) is 0 Å². The van der Waals surface area contributed by atoms with Crippen LogP contribution < -0.4 is 5.32 Å². The summed E-state index contributed by atoms with van der Waals surface area (Å²) in [5, 5.41) is 21.1. The number of carbonyl (C=O) groups is 1. The quantitative estimate of drug-likeness (QED) is 0.723. The number of aliphatic hydroxyl groups excluding tert-OH is 2. The van der Waals surface area contributed by atoms with Gasteiger partial charge in [0.05, 0.1) is 18.8 Å². The Bertz CT molecular complexity index is 390. The van der Waals surface area contributed by atoms with Gasteiger partial charge in [-0.2, -0.15) is 0 Å². The minimum absolute atomic E-state index is 0.00648. The number of carbonyl (C=O) groups excluding carboxylic acids is 1. The summed E-state index contributed by atoms with van der Waals surface area (Å²) < 4.78 is 0. The van der Waals surface area contributed by atoms with Gasteiger partial charge in [0, 0.05) is 5.56 Å². The van der Waals surface area contributed by atoms with E-state index in [1.165, 1.54) is 0 Å². The van der Waals surface area contributed by atoms with Crippen molar-refractivity contribution in [1.82, 2.24) is 5.32 Å². The maximum atomic E-state index is 11.9. The third kappa shape index (κ3) is 2.48. The highest BCUT2D eigenvalue weighted by Gasteiger charge is 2.37. The predicted octanol–water partition coefficient (Wildman–Crippen LogP) is 0.824. The molecule has 3 N–H and O–H groups in total. The Kier molecular flexibility index (Phi) is 3.45. The fourth-order valence-corrected chi connectivity index (χ4v) is 2.00. The molecule has 1 aliphatic carbocycles. The van der Waals surface area contributed by atoms with Crippen molar-refractivity contribution < 1.29 is 15.0 Å². The van der Waals surface area contributed by atoms with Crippen molar-refractivity contribution in [3.63, 3.8) is 0 Å². The van der Waals surface area contributed by atoms with Gasteiger partial charge in [-0.3, -0.25) is 4.79 Å². The van der Waals surface area contributed by atoms with Gasteiger partial charge in [0.2, 0.25) is 0 Å². The molecule has 1 aliphatic rings. The van der Waals surface area contributed by atoms with Gasteiger partial charge in [-0.1, -0.05) is 12.1 Å². The summed E-state index contributed by atoms with van der Waals surface area (Å²) >= 11 is 0. The molecule has 1 amide bonds. The van der Waals surface area contributed by atoms with Crippen molar-refractivity contribution in [2.75, 3.05) is 6.61 Å². The number of aliphatic hydroxyl groups is 2. The zero-order valence-electron chi connectivity index (χ0n) is 9.65. The van der Waals surface area contributed by atoms with Crippen LogP contribution in [-0.4, -0.2) is 28.3 Å². The molecule has 0 saturated heterocycles. The van der Waals surface area contributed by atoms with E-state index < -0.39 is 5.54 Å². The Morgan fingerprint density at radius 3 is 2.29 bits per heavy atom. The molecule has 0 atom stereocenters. The molecular weight excluding hydrogens is 218 g/mol. The molecule has 0 unspecified atom stereocenters. The maximum Gasteiger partial charge on any atom is 0.251 e. The van der Waals surface area contributed by atoms with Gasteiger partial charge in [-0.05, 0) is 37.0 Å². The molecule has 0 radical (unpaired) electrons. The van der Waals surface area contributed by atoms with Crippen LogP contribution in [0.2, 0.25) is 0 Å².